The maximum absolute atomic E-state index is 12.4. The molecule has 1 aromatic carbocycles. The summed E-state index contributed by atoms with van der Waals surface area (Å²) in [5, 5.41) is 0. The zero-order valence-corrected chi connectivity index (χ0v) is 10.7. The van der Waals surface area contributed by atoms with E-state index in [9.17, 15) is 18.0 Å². The van der Waals surface area contributed by atoms with E-state index in [0.717, 1.165) is 5.56 Å². The van der Waals surface area contributed by atoms with Crippen molar-refractivity contribution in [1.29, 1.82) is 0 Å². The number of rotatable bonds is 3. The van der Waals surface area contributed by atoms with E-state index in [4.69, 9.17) is 9.57 Å². The molecule has 0 aliphatic carbocycles. The molecular formula is C13H15F3NO3+. The Labute approximate surface area is 114 Å². The zero-order valence-electron chi connectivity index (χ0n) is 10.7. The number of quaternary nitrogens is 1. The van der Waals surface area contributed by atoms with Crippen LogP contribution in [0.15, 0.2) is 30.3 Å². The molecule has 0 unspecified atom stereocenters. The van der Waals surface area contributed by atoms with Crippen LogP contribution in [-0.2, 0) is 20.9 Å². The highest BCUT2D eigenvalue weighted by molar-refractivity contribution is 5.74. The molecule has 0 atom stereocenters. The van der Waals surface area contributed by atoms with Gasteiger partial charge in [0.1, 0.15) is 19.6 Å². The van der Waals surface area contributed by atoms with Crippen molar-refractivity contribution in [3.63, 3.8) is 0 Å². The molecule has 20 heavy (non-hydrogen) atoms. The average molecular weight is 290 g/mol. The molecule has 0 N–H and O–H groups in total. The molecule has 0 aromatic heterocycles. The number of carbonyl (C=O) groups is 1. The lowest BCUT2D eigenvalue weighted by Crippen LogP contribution is -2.56. The van der Waals surface area contributed by atoms with E-state index in [1.54, 1.807) is 24.3 Å². The smallest absolute Gasteiger partial charge is 0.369 e. The largest absolute Gasteiger partial charge is 0.497 e. The molecule has 1 fully saturated rings. The molecule has 0 amide bonds. The Morgan fingerprint density at radius 2 is 1.80 bits per heavy atom. The molecule has 0 bridgehead atoms. The van der Waals surface area contributed by atoms with E-state index < -0.39 is 12.1 Å². The van der Waals surface area contributed by atoms with Crippen LogP contribution in [0.5, 0.6) is 0 Å². The number of hydrogen-bond donors (Lipinski definition) is 0. The van der Waals surface area contributed by atoms with Gasteiger partial charge in [-0.1, -0.05) is 30.3 Å². The van der Waals surface area contributed by atoms with Crippen molar-refractivity contribution in [3.8, 4) is 0 Å². The SMILES string of the molecule is O=C(O[N+]1(Cc2ccccc2)CCOCC1)C(F)(F)F. The Balaban J connectivity index is 2.15. The third-order valence-electron chi connectivity index (χ3n) is 3.11. The fourth-order valence-corrected chi connectivity index (χ4v) is 2.10. The second-order valence-corrected chi connectivity index (χ2v) is 4.64. The van der Waals surface area contributed by atoms with Crippen molar-refractivity contribution in [2.75, 3.05) is 26.3 Å². The van der Waals surface area contributed by atoms with Gasteiger partial charge >= 0.3 is 12.1 Å². The first-order chi connectivity index (χ1) is 9.41. The molecule has 1 heterocycles. The number of carbonyl (C=O) groups excluding carboxylic acids is 1. The molecule has 1 aromatic rings. The summed E-state index contributed by atoms with van der Waals surface area (Å²) < 4.78 is 41.9. The fourth-order valence-electron chi connectivity index (χ4n) is 2.10. The highest BCUT2D eigenvalue weighted by Crippen LogP contribution is 2.24. The van der Waals surface area contributed by atoms with E-state index in [1.165, 1.54) is 0 Å². The summed E-state index contributed by atoms with van der Waals surface area (Å²) in [6, 6.07) is 8.97. The highest BCUT2D eigenvalue weighted by Gasteiger charge is 2.48. The Morgan fingerprint density at radius 1 is 1.20 bits per heavy atom. The van der Waals surface area contributed by atoms with Gasteiger partial charge < -0.3 is 4.74 Å². The van der Waals surface area contributed by atoms with Crippen LogP contribution in [-0.4, -0.2) is 43.1 Å². The lowest BCUT2D eigenvalue weighted by molar-refractivity contribution is -1.10. The van der Waals surface area contributed by atoms with E-state index in [0.29, 0.717) is 0 Å². The molecule has 1 aliphatic rings. The van der Waals surface area contributed by atoms with Gasteiger partial charge in [0.2, 0.25) is 0 Å². The topological polar surface area (TPSA) is 35.5 Å². The molecule has 2 rings (SSSR count). The number of ether oxygens (including phenoxy) is 1. The minimum Gasteiger partial charge on any atom is -0.369 e. The first-order valence-corrected chi connectivity index (χ1v) is 6.20. The third kappa shape index (κ3) is 3.71. The van der Waals surface area contributed by atoms with Crippen LogP contribution >= 0.6 is 0 Å². The van der Waals surface area contributed by atoms with Gasteiger partial charge in [-0.05, 0) is 0 Å². The normalized spacial score (nSPS) is 18.6. The summed E-state index contributed by atoms with van der Waals surface area (Å²) in [7, 11) is 0. The number of hydroxylamine groups is 3. The predicted molar refractivity (Wildman–Crippen MR) is 63.1 cm³/mol. The number of benzene rings is 1. The van der Waals surface area contributed by atoms with Gasteiger partial charge in [0, 0.05) is 5.56 Å². The summed E-state index contributed by atoms with van der Waals surface area (Å²) in [4.78, 5) is 15.9. The summed E-state index contributed by atoms with van der Waals surface area (Å²) >= 11 is 0. The maximum atomic E-state index is 12.4. The predicted octanol–water partition coefficient (Wildman–Crippen LogP) is 2.05. The van der Waals surface area contributed by atoms with Crippen LogP contribution in [0, 0.1) is 0 Å². The highest BCUT2D eigenvalue weighted by atomic mass is 19.4. The number of nitrogens with zero attached hydrogens (tertiary/aromatic N) is 1. The van der Waals surface area contributed by atoms with Crippen LogP contribution in [0.4, 0.5) is 13.2 Å². The lowest BCUT2D eigenvalue weighted by Gasteiger charge is -2.37. The van der Waals surface area contributed by atoms with Crippen LogP contribution in [0.3, 0.4) is 0 Å². The van der Waals surface area contributed by atoms with Gasteiger partial charge in [-0.15, -0.1) is 4.65 Å². The lowest BCUT2D eigenvalue weighted by atomic mass is 10.2. The van der Waals surface area contributed by atoms with Gasteiger partial charge in [0.15, 0.2) is 0 Å². The van der Waals surface area contributed by atoms with Crippen molar-refractivity contribution in [2.45, 2.75) is 12.7 Å². The second kappa shape index (κ2) is 5.80. The van der Waals surface area contributed by atoms with E-state index in [1.807, 2.05) is 6.07 Å². The molecule has 1 saturated heterocycles. The molecule has 0 radical (unpaired) electrons. The summed E-state index contributed by atoms with van der Waals surface area (Å²) in [5.41, 5.74) is 0.810. The van der Waals surface area contributed by atoms with Crippen molar-refractivity contribution in [1.82, 2.24) is 0 Å². The van der Waals surface area contributed by atoms with Crippen LogP contribution in [0.25, 0.3) is 0 Å². The third-order valence-corrected chi connectivity index (χ3v) is 3.11. The number of hydrogen-bond acceptors (Lipinski definition) is 3. The monoisotopic (exact) mass is 290 g/mol. The quantitative estimate of drug-likeness (QED) is 0.799. The maximum Gasteiger partial charge on any atom is 0.497 e. The molecule has 1 aliphatic heterocycles. The minimum absolute atomic E-state index is 0.200. The van der Waals surface area contributed by atoms with Crippen LogP contribution < -0.4 is 0 Å². The zero-order chi connectivity index (χ0) is 14.6. The Bertz CT molecular complexity index is 456. The van der Waals surface area contributed by atoms with Crippen molar-refractivity contribution in [2.24, 2.45) is 0 Å². The average Bonchev–Trinajstić information content (AvgIpc) is 2.39. The number of morpholine rings is 1. The number of halogens is 3. The van der Waals surface area contributed by atoms with Crippen molar-refractivity contribution in [3.05, 3.63) is 35.9 Å². The molecule has 7 heteroatoms. The van der Waals surface area contributed by atoms with Crippen molar-refractivity contribution >= 4 is 5.97 Å². The van der Waals surface area contributed by atoms with E-state index in [2.05, 4.69) is 0 Å². The molecule has 0 spiro atoms. The second-order valence-electron chi connectivity index (χ2n) is 4.64. The molecule has 4 nitrogen and oxygen atoms in total. The van der Waals surface area contributed by atoms with Crippen LogP contribution in [0.2, 0.25) is 0 Å². The standard InChI is InChI=1S/C13H15F3NO3/c14-13(15,16)12(18)20-17(6-8-19-9-7-17)10-11-4-2-1-3-5-11/h1-5H,6-10H2/q+1. The van der Waals surface area contributed by atoms with Gasteiger partial charge in [-0.3, -0.25) is 4.84 Å². The van der Waals surface area contributed by atoms with E-state index >= 15 is 0 Å². The number of alkyl halides is 3. The van der Waals surface area contributed by atoms with Gasteiger partial charge in [0.05, 0.1) is 13.2 Å². The summed E-state index contributed by atoms with van der Waals surface area (Å²) in [6.45, 7) is 1.13. The Kier molecular flexibility index (Phi) is 4.29. The first kappa shape index (κ1) is 14.8. The van der Waals surface area contributed by atoms with Gasteiger partial charge in [-0.25, -0.2) is 4.79 Å². The molecule has 0 saturated carbocycles. The van der Waals surface area contributed by atoms with Gasteiger partial charge in [-0.2, -0.15) is 13.2 Å². The minimum atomic E-state index is -4.99. The van der Waals surface area contributed by atoms with Gasteiger partial charge in [0.25, 0.3) is 0 Å². The Morgan fingerprint density at radius 3 is 2.35 bits per heavy atom. The van der Waals surface area contributed by atoms with E-state index in [-0.39, 0.29) is 37.5 Å². The first-order valence-electron chi connectivity index (χ1n) is 6.20. The van der Waals surface area contributed by atoms with Crippen molar-refractivity contribution < 1.29 is 32.2 Å². The summed E-state index contributed by atoms with van der Waals surface area (Å²) in [6.07, 6.45) is -4.99. The Hall–Kier alpha value is -1.60. The summed E-state index contributed by atoms with van der Waals surface area (Å²) in [5.74, 6) is -2.16. The van der Waals surface area contributed by atoms with Crippen LogP contribution in [0.1, 0.15) is 5.56 Å². The molecule has 110 valence electrons. The fraction of sp³-hybridized carbons (Fsp3) is 0.462. The molecular weight excluding hydrogens is 275 g/mol.